The van der Waals surface area contributed by atoms with Gasteiger partial charge in [0.2, 0.25) is 17.7 Å². The van der Waals surface area contributed by atoms with Gasteiger partial charge in [-0.2, -0.15) is 5.10 Å². The normalized spacial score (nSPS) is 21.4. The van der Waals surface area contributed by atoms with Gasteiger partial charge in [-0.15, -0.1) is 0 Å². The molecule has 4 amide bonds. The lowest BCUT2D eigenvalue weighted by molar-refractivity contribution is -0.138. The van der Waals surface area contributed by atoms with Gasteiger partial charge in [-0.1, -0.05) is 24.3 Å². The number of nitrogens with zero attached hydrogens (tertiary/aromatic N) is 3. The van der Waals surface area contributed by atoms with Crippen LogP contribution in [0.5, 0.6) is 0 Å². The van der Waals surface area contributed by atoms with Gasteiger partial charge in [0.05, 0.1) is 28.5 Å². The van der Waals surface area contributed by atoms with Crippen LogP contribution in [0.3, 0.4) is 0 Å². The van der Waals surface area contributed by atoms with Gasteiger partial charge in [-0.05, 0) is 36.6 Å². The third-order valence-electron chi connectivity index (χ3n) is 7.24. The monoisotopic (exact) mass is 488 g/mol. The first-order valence-corrected chi connectivity index (χ1v) is 11.8. The number of hydrogen-bond donors (Lipinski definition) is 1. The fraction of sp³-hybridized carbons (Fsp3) is 0.308. The van der Waals surface area contributed by atoms with Gasteiger partial charge in [0.1, 0.15) is 5.82 Å². The molecule has 1 aliphatic carbocycles. The summed E-state index contributed by atoms with van der Waals surface area (Å²) in [4.78, 5) is 65.7. The van der Waals surface area contributed by atoms with Crippen LogP contribution >= 0.6 is 0 Å². The number of benzene rings is 2. The molecule has 6 rings (SSSR count). The van der Waals surface area contributed by atoms with Crippen molar-refractivity contribution in [2.24, 2.45) is 17.8 Å². The number of H-pyrrole nitrogens is 1. The summed E-state index contributed by atoms with van der Waals surface area (Å²) >= 11 is 0. The maximum absolute atomic E-state index is 14.7. The summed E-state index contributed by atoms with van der Waals surface area (Å²) in [6.07, 6.45) is 1.82. The maximum Gasteiger partial charge on any atom is 0.272 e. The van der Waals surface area contributed by atoms with Crippen LogP contribution < -0.4 is 5.56 Å². The SMILES string of the molecule is O=C(C1CC1)N1CC2C(=O)N(C(=O)c3cc(Cc4n[nH]c(=O)c5ccccc45)ccc3F)C(=O)C2C1. The van der Waals surface area contributed by atoms with E-state index in [-0.39, 0.29) is 36.9 Å². The summed E-state index contributed by atoms with van der Waals surface area (Å²) in [7, 11) is 0. The van der Waals surface area contributed by atoms with Gasteiger partial charge < -0.3 is 4.90 Å². The van der Waals surface area contributed by atoms with E-state index >= 15 is 0 Å². The van der Waals surface area contributed by atoms with E-state index in [1.807, 2.05) is 0 Å². The lowest BCUT2D eigenvalue weighted by Gasteiger charge is -2.20. The molecule has 3 heterocycles. The van der Waals surface area contributed by atoms with E-state index in [0.717, 1.165) is 18.9 Å². The van der Waals surface area contributed by atoms with Crippen molar-refractivity contribution in [3.63, 3.8) is 0 Å². The highest BCUT2D eigenvalue weighted by molar-refractivity contribution is 6.21. The van der Waals surface area contributed by atoms with Crippen LogP contribution in [0, 0.1) is 23.6 Å². The number of aromatic amines is 1. The number of halogens is 1. The predicted molar refractivity (Wildman–Crippen MR) is 124 cm³/mol. The highest BCUT2D eigenvalue weighted by Gasteiger charge is 2.56. The highest BCUT2D eigenvalue weighted by Crippen LogP contribution is 2.38. The zero-order valence-corrected chi connectivity index (χ0v) is 19.1. The van der Waals surface area contributed by atoms with E-state index in [2.05, 4.69) is 10.2 Å². The molecule has 0 spiro atoms. The minimum absolute atomic E-state index is 0.0299. The molecule has 3 aromatic rings. The maximum atomic E-state index is 14.7. The second-order valence-electron chi connectivity index (χ2n) is 9.58. The number of imide groups is 3. The Hall–Kier alpha value is -4.21. The van der Waals surface area contributed by atoms with E-state index in [1.54, 1.807) is 24.3 Å². The molecule has 3 fully saturated rings. The molecule has 2 atom stereocenters. The average Bonchev–Trinajstić information content (AvgIpc) is 3.59. The number of nitrogens with one attached hydrogen (secondary N) is 1. The van der Waals surface area contributed by atoms with Crippen LogP contribution in [-0.2, 0) is 20.8 Å². The fourth-order valence-corrected chi connectivity index (χ4v) is 5.18. The van der Waals surface area contributed by atoms with Crippen molar-refractivity contribution in [1.82, 2.24) is 20.0 Å². The van der Waals surface area contributed by atoms with E-state index in [1.165, 1.54) is 17.0 Å². The number of carbonyl (C=O) groups is 4. The summed E-state index contributed by atoms with van der Waals surface area (Å²) in [6.45, 7) is 0.198. The van der Waals surface area contributed by atoms with Crippen LogP contribution in [0.25, 0.3) is 10.8 Å². The molecule has 182 valence electrons. The first-order valence-electron chi connectivity index (χ1n) is 11.8. The van der Waals surface area contributed by atoms with Gasteiger partial charge in [-0.3, -0.25) is 24.0 Å². The van der Waals surface area contributed by atoms with E-state index in [4.69, 9.17) is 0 Å². The Morgan fingerprint density at radius 1 is 0.972 bits per heavy atom. The van der Waals surface area contributed by atoms with Crippen molar-refractivity contribution >= 4 is 34.4 Å². The Labute approximate surface area is 203 Å². The number of likely N-dealkylation sites (tertiary alicyclic amines) is 2. The molecular formula is C26H21FN4O5. The number of amides is 4. The Kier molecular flexibility index (Phi) is 5.06. The Morgan fingerprint density at radius 2 is 1.64 bits per heavy atom. The van der Waals surface area contributed by atoms with Gasteiger partial charge in [0.15, 0.2) is 0 Å². The first-order chi connectivity index (χ1) is 17.3. The van der Waals surface area contributed by atoms with E-state index in [9.17, 15) is 28.4 Å². The molecule has 2 unspecified atom stereocenters. The molecule has 2 aliphatic heterocycles. The Morgan fingerprint density at radius 3 is 2.31 bits per heavy atom. The van der Waals surface area contributed by atoms with Gasteiger partial charge in [0.25, 0.3) is 11.5 Å². The minimum atomic E-state index is -1.02. The first kappa shape index (κ1) is 22.3. The van der Waals surface area contributed by atoms with Crippen LogP contribution in [-0.4, -0.2) is 56.7 Å². The number of rotatable bonds is 4. The second-order valence-corrected chi connectivity index (χ2v) is 9.58. The zero-order valence-electron chi connectivity index (χ0n) is 19.1. The topological polar surface area (TPSA) is 121 Å². The Balaban J connectivity index is 1.26. The van der Waals surface area contributed by atoms with Crippen molar-refractivity contribution in [1.29, 1.82) is 0 Å². The predicted octanol–water partition coefficient (Wildman–Crippen LogP) is 1.65. The summed E-state index contributed by atoms with van der Waals surface area (Å²) in [6, 6.07) is 10.8. The van der Waals surface area contributed by atoms with Crippen molar-refractivity contribution in [3.05, 3.63) is 75.5 Å². The van der Waals surface area contributed by atoms with Crippen LogP contribution in [0.1, 0.15) is 34.5 Å². The molecule has 2 saturated heterocycles. The number of carbonyl (C=O) groups excluding carboxylic acids is 4. The molecule has 36 heavy (non-hydrogen) atoms. The molecule has 3 aliphatic rings. The van der Waals surface area contributed by atoms with E-state index < -0.39 is 40.9 Å². The largest absolute Gasteiger partial charge is 0.341 e. The second kappa shape index (κ2) is 8.18. The third kappa shape index (κ3) is 3.52. The lowest BCUT2D eigenvalue weighted by atomic mass is 10.00. The molecule has 10 heteroatoms. The number of hydrogen-bond acceptors (Lipinski definition) is 6. The summed E-state index contributed by atoms with van der Waals surface area (Å²) in [5, 5.41) is 7.63. The Bertz CT molecular complexity index is 1500. The standard InChI is InChI=1S/C26H21FN4O5/c27-20-8-5-13(10-21-15-3-1-2-4-16(15)22(32)29-28-21)9-17(20)24(34)31-25(35)18-11-30(12-19(18)26(31)36)23(33)14-6-7-14/h1-5,8-9,14,18-19H,6-7,10-12H2,(H,29,32). The van der Waals surface area contributed by atoms with E-state index in [0.29, 0.717) is 26.9 Å². The molecule has 9 nitrogen and oxygen atoms in total. The van der Waals surface area contributed by atoms with Crippen LogP contribution in [0.4, 0.5) is 4.39 Å². The van der Waals surface area contributed by atoms with Gasteiger partial charge in [-0.25, -0.2) is 14.4 Å². The van der Waals surface area contributed by atoms with Crippen LogP contribution in [0.15, 0.2) is 47.3 Å². The molecule has 0 bridgehead atoms. The molecule has 0 radical (unpaired) electrons. The van der Waals surface area contributed by atoms with Crippen LogP contribution in [0.2, 0.25) is 0 Å². The summed E-state index contributed by atoms with van der Waals surface area (Å²) in [5.74, 6) is -4.91. The molecule has 1 saturated carbocycles. The average molecular weight is 488 g/mol. The zero-order chi connectivity index (χ0) is 25.1. The number of fused-ring (bicyclic) bond motifs is 2. The van der Waals surface area contributed by atoms with Crippen molar-refractivity contribution in [2.45, 2.75) is 19.3 Å². The molecule has 1 N–H and O–H groups in total. The molecular weight excluding hydrogens is 467 g/mol. The minimum Gasteiger partial charge on any atom is -0.341 e. The van der Waals surface area contributed by atoms with Crippen molar-refractivity contribution < 1.29 is 23.6 Å². The molecule has 1 aromatic heterocycles. The number of aromatic nitrogens is 2. The third-order valence-corrected chi connectivity index (χ3v) is 7.24. The quantitative estimate of drug-likeness (QED) is 0.558. The lowest BCUT2D eigenvalue weighted by Crippen LogP contribution is -2.42. The van der Waals surface area contributed by atoms with Crippen molar-refractivity contribution in [3.8, 4) is 0 Å². The molecule has 2 aromatic carbocycles. The van der Waals surface area contributed by atoms with Crippen molar-refractivity contribution in [2.75, 3.05) is 13.1 Å². The summed E-state index contributed by atoms with van der Waals surface area (Å²) in [5.41, 5.74) is 0.315. The smallest absolute Gasteiger partial charge is 0.272 e. The van der Waals surface area contributed by atoms with Gasteiger partial charge >= 0.3 is 0 Å². The fourth-order valence-electron chi connectivity index (χ4n) is 5.18. The summed E-state index contributed by atoms with van der Waals surface area (Å²) < 4.78 is 14.7. The van der Waals surface area contributed by atoms with Gasteiger partial charge in [0, 0.05) is 30.8 Å². The highest BCUT2D eigenvalue weighted by atomic mass is 19.1.